The number of amides is 4. The van der Waals surface area contributed by atoms with Crippen molar-refractivity contribution in [2.24, 2.45) is 5.92 Å². The van der Waals surface area contributed by atoms with Crippen LogP contribution in [-0.4, -0.2) is 86.8 Å². The van der Waals surface area contributed by atoms with Gasteiger partial charge in [0.25, 0.3) is 11.8 Å². The Labute approximate surface area is 281 Å². The fraction of sp³-hybridized carbons (Fsp3) is 0.424. The molecule has 1 aromatic heterocycles. The largest absolute Gasteiger partial charge is 0.355 e. The topological polar surface area (TPSA) is 194 Å². The number of hydrogen-bond acceptors (Lipinski definition) is 8. The van der Waals surface area contributed by atoms with Crippen molar-refractivity contribution >= 4 is 39.3 Å². The Bertz CT molecular complexity index is 1650. The summed E-state index contributed by atoms with van der Waals surface area (Å²) in [6, 6.07) is 13.4. The fourth-order valence-corrected chi connectivity index (χ4v) is 5.25. The molecule has 4 amide bonds. The van der Waals surface area contributed by atoms with E-state index in [1.54, 1.807) is 26.1 Å². The van der Waals surface area contributed by atoms with E-state index in [1.165, 1.54) is 25.2 Å². The molecule has 14 nitrogen and oxygen atoms in total. The molecule has 0 aliphatic heterocycles. The number of carbonyl (C=O) groups excluding carboxylic acids is 4. The molecule has 1 heterocycles. The molecule has 0 saturated heterocycles. The quantitative estimate of drug-likeness (QED) is 0.123. The Hall–Kier alpha value is -4.76. The van der Waals surface area contributed by atoms with Gasteiger partial charge in [0.05, 0.1) is 30.2 Å². The lowest BCUT2D eigenvalue weighted by Gasteiger charge is -2.25. The van der Waals surface area contributed by atoms with Crippen LogP contribution in [0.4, 0.5) is 5.69 Å². The van der Waals surface area contributed by atoms with E-state index >= 15 is 0 Å². The third kappa shape index (κ3) is 11.2. The molecular weight excluding hydrogens is 636 g/mol. The van der Waals surface area contributed by atoms with Crippen LogP contribution in [0, 0.1) is 5.92 Å². The van der Waals surface area contributed by atoms with Crippen LogP contribution in [0.25, 0.3) is 0 Å². The number of nitrogens with one attached hydrogen (secondary N) is 6. The molecule has 0 spiro atoms. The molecular formula is C33H46N8O6S. The number of hydrogen-bond donors (Lipinski definition) is 6. The van der Waals surface area contributed by atoms with Crippen LogP contribution >= 0.6 is 0 Å². The van der Waals surface area contributed by atoms with Crippen LogP contribution in [0.3, 0.4) is 0 Å². The molecule has 3 aromatic rings. The Morgan fingerprint density at radius 3 is 2.15 bits per heavy atom. The Kier molecular flexibility index (Phi) is 13.7. The maximum atomic E-state index is 13.7. The van der Waals surface area contributed by atoms with Crippen molar-refractivity contribution in [1.82, 2.24) is 36.8 Å². The van der Waals surface area contributed by atoms with E-state index in [0.29, 0.717) is 18.7 Å². The van der Waals surface area contributed by atoms with Crippen molar-refractivity contribution in [2.45, 2.75) is 58.8 Å². The van der Waals surface area contributed by atoms with Crippen molar-refractivity contribution in [1.29, 1.82) is 0 Å². The first-order valence-electron chi connectivity index (χ1n) is 15.7. The lowest BCUT2D eigenvalue weighted by Crippen LogP contribution is -2.55. The Morgan fingerprint density at radius 1 is 0.896 bits per heavy atom. The van der Waals surface area contributed by atoms with Gasteiger partial charge in [-0.25, -0.2) is 8.42 Å². The van der Waals surface area contributed by atoms with E-state index in [-0.39, 0.29) is 47.6 Å². The Balaban J connectivity index is 1.83. The van der Waals surface area contributed by atoms with Crippen molar-refractivity contribution in [2.75, 3.05) is 30.7 Å². The molecule has 0 bridgehead atoms. The average Bonchev–Trinajstić information content (AvgIpc) is 3.58. The molecule has 0 saturated carbocycles. The summed E-state index contributed by atoms with van der Waals surface area (Å²) in [6.45, 7) is 7.94. The highest BCUT2D eigenvalue weighted by Gasteiger charge is 2.27. The minimum atomic E-state index is -3.72. The first-order valence-corrected chi connectivity index (χ1v) is 17.6. The van der Waals surface area contributed by atoms with E-state index in [9.17, 15) is 27.6 Å². The van der Waals surface area contributed by atoms with Gasteiger partial charge in [0.15, 0.2) is 0 Å². The number of anilines is 1. The van der Waals surface area contributed by atoms with Crippen molar-refractivity contribution < 1.29 is 27.6 Å². The van der Waals surface area contributed by atoms with Crippen LogP contribution in [0.5, 0.6) is 0 Å². The number of H-pyrrole nitrogens is 1. The second-order valence-electron chi connectivity index (χ2n) is 11.9. The summed E-state index contributed by atoms with van der Waals surface area (Å²) < 4.78 is 25.8. The zero-order valence-corrected chi connectivity index (χ0v) is 29.0. The number of carbonyl (C=O) groups is 4. The number of nitrogens with zero attached hydrogens (tertiary/aromatic N) is 2. The zero-order valence-electron chi connectivity index (χ0n) is 28.2. The van der Waals surface area contributed by atoms with Gasteiger partial charge >= 0.3 is 0 Å². The van der Waals surface area contributed by atoms with Gasteiger partial charge in [-0.15, -0.1) is 0 Å². The zero-order chi connectivity index (χ0) is 35.4. The number of likely N-dealkylation sites (N-methyl/N-ethyl adjacent to an activating group) is 1. The van der Waals surface area contributed by atoms with Gasteiger partial charge in [0.1, 0.15) is 6.04 Å². The summed E-state index contributed by atoms with van der Waals surface area (Å²) >= 11 is 0. The van der Waals surface area contributed by atoms with Crippen LogP contribution in [0.15, 0.2) is 60.8 Å². The molecule has 0 radical (unpaired) electrons. The molecule has 3 rings (SSSR count). The molecule has 3 atom stereocenters. The standard InChI is InChI=1S/C33H46N8O6S/c1-7-34-33(45)29(21(2)3)39-30(42)22(4)35-20-27(15-23-11-9-8-10-12-23)38-32(44)25-16-24(17-28(18-25)41(5)48(6,46)47)31(43)36-19-26-13-14-37-40-26/h8-14,16-18,21-22,27,29,35H,7,15,19-20H2,1-6H3,(H,34,45)(H,36,43)(H,37,40)(H,38,44)(H,39,42)/t22-,27-,29-/m0/s1. The molecule has 0 aliphatic rings. The highest BCUT2D eigenvalue weighted by atomic mass is 32.2. The second-order valence-corrected chi connectivity index (χ2v) is 13.9. The van der Waals surface area contributed by atoms with Gasteiger partial charge in [-0.1, -0.05) is 44.2 Å². The van der Waals surface area contributed by atoms with Gasteiger partial charge < -0.3 is 26.6 Å². The molecule has 15 heteroatoms. The molecule has 6 N–H and O–H groups in total. The lowest BCUT2D eigenvalue weighted by atomic mass is 10.0. The van der Waals surface area contributed by atoms with Gasteiger partial charge in [0, 0.05) is 43.5 Å². The number of benzene rings is 2. The summed E-state index contributed by atoms with van der Waals surface area (Å²) in [6.07, 6.45) is 2.98. The second kappa shape index (κ2) is 17.4. The molecule has 0 unspecified atom stereocenters. The van der Waals surface area contributed by atoms with E-state index in [2.05, 4.69) is 36.8 Å². The first kappa shape index (κ1) is 37.7. The maximum Gasteiger partial charge on any atom is 0.251 e. The predicted octanol–water partition coefficient (Wildman–Crippen LogP) is 1.33. The molecule has 2 aromatic carbocycles. The smallest absolute Gasteiger partial charge is 0.251 e. The molecule has 48 heavy (non-hydrogen) atoms. The summed E-state index contributed by atoms with van der Waals surface area (Å²) in [5.74, 6) is -1.82. The third-order valence-corrected chi connectivity index (χ3v) is 8.83. The minimum Gasteiger partial charge on any atom is -0.355 e. The van der Waals surface area contributed by atoms with E-state index in [4.69, 9.17) is 0 Å². The molecule has 0 aliphatic carbocycles. The van der Waals surface area contributed by atoms with Crippen molar-refractivity contribution in [3.63, 3.8) is 0 Å². The van der Waals surface area contributed by atoms with Crippen LogP contribution in [0.1, 0.15) is 59.7 Å². The normalized spacial score (nSPS) is 13.2. The van der Waals surface area contributed by atoms with Gasteiger partial charge in [-0.2, -0.15) is 5.10 Å². The van der Waals surface area contributed by atoms with Gasteiger partial charge in [0.2, 0.25) is 21.8 Å². The molecule has 0 fully saturated rings. The van der Waals surface area contributed by atoms with Crippen molar-refractivity contribution in [3.8, 4) is 0 Å². The van der Waals surface area contributed by atoms with Crippen LogP contribution < -0.4 is 30.9 Å². The van der Waals surface area contributed by atoms with Crippen molar-refractivity contribution in [3.05, 3.63) is 83.2 Å². The highest BCUT2D eigenvalue weighted by Crippen LogP contribution is 2.21. The number of aromatic amines is 1. The SMILES string of the molecule is CCNC(=O)[C@@H](NC(=O)[C@H](C)NC[C@H](Cc1ccccc1)NC(=O)c1cc(C(=O)NCc2ccn[nH]2)cc(N(C)S(C)(=O)=O)c1)C(C)C. The van der Waals surface area contributed by atoms with Crippen LogP contribution in [0.2, 0.25) is 0 Å². The van der Waals surface area contributed by atoms with Gasteiger partial charge in [-0.3, -0.25) is 28.6 Å². The van der Waals surface area contributed by atoms with E-state index in [1.807, 2.05) is 44.2 Å². The summed E-state index contributed by atoms with van der Waals surface area (Å²) in [4.78, 5) is 52.4. The summed E-state index contributed by atoms with van der Waals surface area (Å²) in [5, 5.41) is 21.0. The minimum absolute atomic E-state index is 0.0697. The van der Waals surface area contributed by atoms with Crippen LogP contribution in [-0.2, 0) is 32.6 Å². The Morgan fingerprint density at radius 2 is 1.56 bits per heavy atom. The third-order valence-electron chi connectivity index (χ3n) is 7.62. The first-order chi connectivity index (χ1) is 22.7. The number of aromatic nitrogens is 2. The van der Waals surface area contributed by atoms with E-state index < -0.39 is 40.0 Å². The van der Waals surface area contributed by atoms with E-state index in [0.717, 1.165) is 16.1 Å². The molecule has 260 valence electrons. The fourth-order valence-electron chi connectivity index (χ4n) is 4.76. The highest BCUT2D eigenvalue weighted by molar-refractivity contribution is 7.92. The lowest BCUT2D eigenvalue weighted by molar-refractivity contribution is -0.130. The summed E-state index contributed by atoms with van der Waals surface area (Å²) in [5.41, 5.74) is 1.88. The predicted molar refractivity (Wildman–Crippen MR) is 184 cm³/mol. The average molecular weight is 683 g/mol. The number of sulfonamides is 1. The number of rotatable bonds is 17. The maximum absolute atomic E-state index is 13.7. The summed E-state index contributed by atoms with van der Waals surface area (Å²) in [7, 11) is -2.38. The monoisotopic (exact) mass is 682 g/mol. The van der Waals surface area contributed by atoms with Gasteiger partial charge in [-0.05, 0) is 56.0 Å².